The third kappa shape index (κ3) is 5.01. The van der Waals surface area contributed by atoms with E-state index >= 15 is 0 Å². The number of nitrogens with zero attached hydrogens (tertiary/aromatic N) is 2. The maximum absolute atomic E-state index is 8.12. The molecule has 0 rings (SSSR count). The van der Waals surface area contributed by atoms with Gasteiger partial charge >= 0.3 is 0 Å². The van der Waals surface area contributed by atoms with Crippen molar-refractivity contribution in [2.75, 3.05) is 20.1 Å². The molecule has 3 nitrogen and oxygen atoms in total. The lowest BCUT2D eigenvalue weighted by molar-refractivity contribution is 0.277. The minimum Gasteiger partial charge on any atom is -0.243 e. The van der Waals surface area contributed by atoms with Crippen molar-refractivity contribution in [1.29, 1.82) is 5.26 Å². The molecule has 3 heteroatoms. The highest BCUT2D eigenvalue weighted by Crippen LogP contribution is 1.72. The lowest BCUT2D eigenvalue weighted by Gasteiger charge is -2.12. The second kappa shape index (κ2) is 5.29. The molecule has 0 amide bonds. The van der Waals surface area contributed by atoms with Crippen molar-refractivity contribution in [3.05, 3.63) is 12.7 Å². The van der Waals surface area contributed by atoms with E-state index in [0.29, 0.717) is 6.54 Å². The molecule has 1 N–H and O–H groups in total. The molecule has 0 fully saturated rings. The van der Waals surface area contributed by atoms with Crippen molar-refractivity contribution >= 4 is 0 Å². The van der Waals surface area contributed by atoms with Crippen molar-refractivity contribution in [2.45, 2.75) is 0 Å². The largest absolute Gasteiger partial charge is 0.243 e. The van der Waals surface area contributed by atoms with Gasteiger partial charge in [0.2, 0.25) is 0 Å². The van der Waals surface area contributed by atoms with E-state index in [4.69, 9.17) is 5.26 Å². The molecule has 0 aromatic rings. The summed E-state index contributed by atoms with van der Waals surface area (Å²) in [4.78, 5) is 0. The van der Waals surface area contributed by atoms with Gasteiger partial charge in [0.25, 0.3) is 0 Å². The van der Waals surface area contributed by atoms with Crippen LogP contribution in [0.15, 0.2) is 12.7 Å². The Kier molecular flexibility index (Phi) is 4.79. The molecule has 0 saturated heterocycles. The van der Waals surface area contributed by atoms with E-state index in [0.717, 1.165) is 6.54 Å². The Morgan fingerprint density at radius 3 is 3.00 bits per heavy atom. The number of hydrogen-bond donors (Lipinski definition) is 1. The Morgan fingerprint density at radius 1 is 1.89 bits per heavy atom. The van der Waals surface area contributed by atoms with Crippen LogP contribution in [0.5, 0.6) is 0 Å². The first-order valence-electron chi connectivity index (χ1n) is 2.73. The molecule has 0 aliphatic heterocycles. The first-order chi connectivity index (χ1) is 4.31. The van der Waals surface area contributed by atoms with E-state index in [2.05, 4.69) is 12.0 Å². The van der Waals surface area contributed by atoms with E-state index in [9.17, 15) is 0 Å². The van der Waals surface area contributed by atoms with E-state index in [1.165, 1.54) is 0 Å². The molecular weight excluding hydrogens is 114 g/mol. The molecule has 0 radical (unpaired) electrons. The molecular formula is C6H11N3. The fraction of sp³-hybridized carbons (Fsp3) is 0.500. The van der Waals surface area contributed by atoms with Crippen LogP contribution in [0.3, 0.4) is 0 Å². The summed E-state index contributed by atoms with van der Waals surface area (Å²) in [7, 11) is 1.86. The average Bonchev–Trinajstić information content (AvgIpc) is 1.85. The summed E-state index contributed by atoms with van der Waals surface area (Å²) < 4.78 is 0. The molecule has 0 saturated carbocycles. The van der Waals surface area contributed by atoms with Gasteiger partial charge in [0.05, 0.1) is 12.6 Å². The number of nitrogens with one attached hydrogen (secondary N) is 1. The molecule has 0 spiro atoms. The molecule has 0 aliphatic rings. The average molecular weight is 125 g/mol. The maximum Gasteiger partial charge on any atom is 0.0974 e. The molecule has 50 valence electrons. The van der Waals surface area contributed by atoms with Gasteiger partial charge in [-0.05, 0) is 0 Å². The van der Waals surface area contributed by atoms with Crippen LogP contribution in [-0.4, -0.2) is 25.1 Å². The van der Waals surface area contributed by atoms with Gasteiger partial charge in [0, 0.05) is 13.6 Å². The van der Waals surface area contributed by atoms with Crippen LogP contribution in [0.4, 0.5) is 0 Å². The van der Waals surface area contributed by atoms with Gasteiger partial charge in [-0.3, -0.25) is 0 Å². The summed E-state index contributed by atoms with van der Waals surface area (Å²) in [6.45, 7) is 4.65. The highest BCUT2D eigenvalue weighted by Gasteiger charge is 1.88. The molecule has 0 aromatic carbocycles. The Morgan fingerprint density at radius 2 is 2.56 bits per heavy atom. The van der Waals surface area contributed by atoms with E-state index < -0.39 is 0 Å². The SMILES string of the molecule is C=CCN(C)NCC#N. The predicted octanol–water partition coefficient (Wildman–Crippen LogP) is 0.132. The normalized spacial score (nSPS) is 9.00. The summed E-state index contributed by atoms with van der Waals surface area (Å²) in [5.41, 5.74) is 2.83. The highest BCUT2D eigenvalue weighted by molar-refractivity contribution is 4.74. The van der Waals surface area contributed by atoms with Gasteiger partial charge in [-0.25, -0.2) is 10.4 Å². The van der Waals surface area contributed by atoms with Crippen LogP contribution in [0, 0.1) is 11.3 Å². The van der Waals surface area contributed by atoms with Crippen LogP contribution in [0.2, 0.25) is 0 Å². The second-order valence-electron chi connectivity index (χ2n) is 1.66. The molecule has 0 heterocycles. The van der Waals surface area contributed by atoms with E-state index in [1.54, 1.807) is 11.1 Å². The lowest BCUT2D eigenvalue weighted by atomic mass is 10.6. The van der Waals surface area contributed by atoms with Gasteiger partial charge in [0.15, 0.2) is 0 Å². The minimum absolute atomic E-state index is 0.352. The second-order valence-corrected chi connectivity index (χ2v) is 1.66. The number of rotatable bonds is 4. The van der Waals surface area contributed by atoms with Crippen LogP contribution >= 0.6 is 0 Å². The first kappa shape index (κ1) is 8.15. The summed E-state index contributed by atoms with van der Waals surface area (Å²) in [5.74, 6) is 0. The zero-order valence-electron chi connectivity index (χ0n) is 5.59. The molecule has 0 bridgehead atoms. The van der Waals surface area contributed by atoms with E-state index in [1.807, 2.05) is 13.1 Å². The molecule has 0 aromatic heterocycles. The Hall–Kier alpha value is -0.850. The van der Waals surface area contributed by atoms with Gasteiger partial charge in [0.1, 0.15) is 0 Å². The molecule has 9 heavy (non-hydrogen) atoms. The zero-order chi connectivity index (χ0) is 7.11. The smallest absolute Gasteiger partial charge is 0.0974 e. The van der Waals surface area contributed by atoms with Gasteiger partial charge in [-0.15, -0.1) is 6.58 Å². The summed E-state index contributed by atoms with van der Waals surface area (Å²) in [5, 5.41) is 9.92. The third-order valence-corrected chi connectivity index (χ3v) is 0.831. The maximum atomic E-state index is 8.12. The fourth-order valence-corrected chi connectivity index (χ4v) is 0.429. The van der Waals surface area contributed by atoms with Crippen molar-refractivity contribution in [3.8, 4) is 6.07 Å². The van der Waals surface area contributed by atoms with Crippen molar-refractivity contribution in [3.63, 3.8) is 0 Å². The quantitative estimate of drug-likeness (QED) is 0.330. The minimum atomic E-state index is 0.352. The number of hydrazine groups is 1. The monoisotopic (exact) mass is 125 g/mol. The Labute approximate surface area is 55.5 Å². The molecule has 0 atom stereocenters. The number of likely N-dealkylation sites (N-methyl/N-ethyl adjacent to an activating group) is 1. The van der Waals surface area contributed by atoms with Crippen LogP contribution in [0.25, 0.3) is 0 Å². The van der Waals surface area contributed by atoms with Gasteiger partial charge < -0.3 is 0 Å². The number of hydrogen-bond acceptors (Lipinski definition) is 3. The highest BCUT2D eigenvalue weighted by atomic mass is 15.5. The van der Waals surface area contributed by atoms with Crippen LogP contribution < -0.4 is 5.43 Å². The van der Waals surface area contributed by atoms with Crippen LogP contribution in [-0.2, 0) is 0 Å². The topological polar surface area (TPSA) is 39.1 Å². The molecule has 0 unspecified atom stereocenters. The standard InChI is InChI=1S/C6H11N3/c1-3-6-9(2)8-5-4-7/h3,8H,1,5-6H2,2H3. The van der Waals surface area contributed by atoms with E-state index in [-0.39, 0.29) is 0 Å². The Bertz CT molecular complexity index is 114. The van der Waals surface area contributed by atoms with Gasteiger partial charge in [-0.1, -0.05) is 6.08 Å². The summed E-state index contributed by atoms with van der Waals surface area (Å²) in [6, 6.07) is 1.97. The number of nitriles is 1. The lowest BCUT2D eigenvalue weighted by Crippen LogP contribution is -2.34. The predicted molar refractivity (Wildman–Crippen MR) is 36.4 cm³/mol. The van der Waals surface area contributed by atoms with Crippen molar-refractivity contribution in [1.82, 2.24) is 10.4 Å². The third-order valence-electron chi connectivity index (χ3n) is 0.831. The first-order valence-corrected chi connectivity index (χ1v) is 2.73. The fourth-order valence-electron chi connectivity index (χ4n) is 0.429. The van der Waals surface area contributed by atoms with Crippen molar-refractivity contribution < 1.29 is 0 Å². The van der Waals surface area contributed by atoms with Crippen molar-refractivity contribution in [2.24, 2.45) is 0 Å². The summed E-state index contributed by atoms with van der Waals surface area (Å²) >= 11 is 0. The summed E-state index contributed by atoms with van der Waals surface area (Å²) in [6.07, 6.45) is 1.77. The van der Waals surface area contributed by atoms with Crippen LogP contribution in [0.1, 0.15) is 0 Å². The molecule has 0 aliphatic carbocycles. The van der Waals surface area contributed by atoms with Gasteiger partial charge in [-0.2, -0.15) is 5.26 Å². The Balaban J connectivity index is 3.17. The zero-order valence-corrected chi connectivity index (χ0v) is 5.59.